The minimum absolute atomic E-state index is 0.115. The van der Waals surface area contributed by atoms with Gasteiger partial charge in [-0.2, -0.15) is 0 Å². The number of likely N-dealkylation sites (N-methyl/N-ethyl adjacent to an activating group) is 1. The quantitative estimate of drug-likeness (QED) is 0.494. The number of unbranched alkanes of at least 4 members (excludes halogenated alkanes) is 4. The minimum Gasteiger partial charge on any atom is -0.295 e. The molecular weight excluding hydrogens is 312 g/mol. The van der Waals surface area contributed by atoms with Gasteiger partial charge in [0.15, 0.2) is 0 Å². The number of thiazole rings is 1. The van der Waals surface area contributed by atoms with Crippen molar-refractivity contribution in [3.63, 3.8) is 0 Å². The number of rotatable bonds is 10. The lowest BCUT2D eigenvalue weighted by Gasteiger charge is -2.36. The summed E-state index contributed by atoms with van der Waals surface area (Å²) >= 11 is 1.76. The molecule has 130 valence electrons. The summed E-state index contributed by atoms with van der Waals surface area (Å²) in [4.78, 5) is 6.99. The van der Waals surface area contributed by atoms with E-state index in [1.54, 1.807) is 11.3 Å². The van der Waals surface area contributed by atoms with Crippen molar-refractivity contribution in [2.75, 3.05) is 14.1 Å². The van der Waals surface area contributed by atoms with E-state index in [-0.39, 0.29) is 5.54 Å². The van der Waals surface area contributed by atoms with E-state index in [2.05, 4.69) is 78.8 Å². The molecule has 3 heteroatoms. The normalized spacial score (nSPS) is 14.3. The fraction of sp³-hybridized carbons (Fsp3) is 0.476. The Morgan fingerprint density at radius 2 is 1.83 bits per heavy atom. The fourth-order valence-corrected chi connectivity index (χ4v) is 3.99. The lowest BCUT2D eigenvalue weighted by Crippen LogP contribution is -2.39. The molecule has 2 aromatic rings. The molecule has 0 amide bonds. The van der Waals surface area contributed by atoms with Crippen molar-refractivity contribution in [2.45, 2.75) is 51.0 Å². The molecule has 1 aromatic heterocycles. The molecule has 0 saturated heterocycles. The standard InChI is InChI=1S/C21H30N2S/c1-4-5-6-7-11-15-21(23(2)3,20-22-17-18-24-20)16-14-19-12-9-8-10-13-19/h8-10,12-14,16-18H,4-7,11,15H2,1-3H3/b16-14+. The van der Waals surface area contributed by atoms with E-state index in [4.69, 9.17) is 0 Å². The van der Waals surface area contributed by atoms with E-state index in [1.807, 2.05) is 6.20 Å². The zero-order chi connectivity index (χ0) is 17.3. The highest BCUT2D eigenvalue weighted by Gasteiger charge is 2.33. The number of benzene rings is 1. The summed E-state index contributed by atoms with van der Waals surface area (Å²) in [5, 5.41) is 3.27. The third kappa shape index (κ3) is 5.02. The number of aromatic nitrogens is 1. The highest BCUT2D eigenvalue weighted by molar-refractivity contribution is 7.09. The van der Waals surface area contributed by atoms with Crippen LogP contribution in [0, 0.1) is 0 Å². The van der Waals surface area contributed by atoms with Crippen molar-refractivity contribution in [1.29, 1.82) is 0 Å². The van der Waals surface area contributed by atoms with Gasteiger partial charge in [-0.25, -0.2) is 4.98 Å². The first-order valence-corrected chi connectivity index (χ1v) is 9.88. The molecule has 0 aliphatic carbocycles. The van der Waals surface area contributed by atoms with E-state index < -0.39 is 0 Å². The van der Waals surface area contributed by atoms with Gasteiger partial charge in [0.25, 0.3) is 0 Å². The first-order chi connectivity index (χ1) is 11.7. The molecule has 0 aliphatic rings. The highest BCUT2D eigenvalue weighted by Crippen LogP contribution is 2.36. The van der Waals surface area contributed by atoms with Crippen molar-refractivity contribution in [2.24, 2.45) is 0 Å². The van der Waals surface area contributed by atoms with Gasteiger partial charge >= 0.3 is 0 Å². The molecule has 1 aromatic carbocycles. The SMILES string of the molecule is CCCCCCCC(/C=C/c1ccccc1)(c1nccs1)N(C)C. The van der Waals surface area contributed by atoms with Gasteiger partial charge in [-0.15, -0.1) is 11.3 Å². The van der Waals surface area contributed by atoms with Crippen LogP contribution in [-0.2, 0) is 5.54 Å². The van der Waals surface area contributed by atoms with Gasteiger partial charge in [0, 0.05) is 11.6 Å². The monoisotopic (exact) mass is 342 g/mol. The Morgan fingerprint density at radius 3 is 2.46 bits per heavy atom. The maximum atomic E-state index is 4.66. The zero-order valence-corrected chi connectivity index (χ0v) is 16.1. The van der Waals surface area contributed by atoms with E-state index in [1.165, 1.54) is 42.7 Å². The molecule has 0 aliphatic heterocycles. The molecule has 1 unspecified atom stereocenters. The van der Waals surface area contributed by atoms with Crippen LogP contribution >= 0.6 is 11.3 Å². The Bertz CT molecular complexity index is 590. The van der Waals surface area contributed by atoms with Crippen molar-refractivity contribution >= 4 is 17.4 Å². The third-order valence-corrected chi connectivity index (χ3v) is 5.55. The Labute approximate surface area is 151 Å². The third-order valence-electron chi connectivity index (χ3n) is 4.61. The van der Waals surface area contributed by atoms with Crippen molar-refractivity contribution in [3.8, 4) is 0 Å². The van der Waals surface area contributed by atoms with Crippen LogP contribution in [0.3, 0.4) is 0 Å². The maximum Gasteiger partial charge on any atom is 0.117 e. The summed E-state index contributed by atoms with van der Waals surface area (Å²) in [5.41, 5.74) is 1.13. The van der Waals surface area contributed by atoms with Crippen molar-refractivity contribution < 1.29 is 0 Å². The molecule has 0 fully saturated rings. The molecule has 1 atom stereocenters. The average molecular weight is 343 g/mol. The number of hydrogen-bond acceptors (Lipinski definition) is 3. The first kappa shape index (κ1) is 18.9. The first-order valence-electron chi connectivity index (χ1n) is 9.01. The second-order valence-electron chi connectivity index (χ2n) is 6.56. The minimum atomic E-state index is -0.115. The largest absolute Gasteiger partial charge is 0.295 e. The predicted octanol–water partition coefficient (Wildman–Crippen LogP) is 5.97. The molecule has 2 nitrogen and oxygen atoms in total. The van der Waals surface area contributed by atoms with Crippen LogP contribution in [0.1, 0.15) is 56.0 Å². The lowest BCUT2D eigenvalue weighted by atomic mass is 9.89. The van der Waals surface area contributed by atoms with Crippen LogP contribution in [0.15, 0.2) is 48.0 Å². The van der Waals surface area contributed by atoms with Crippen molar-refractivity contribution in [1.82, 2.24) is 9.88 Å². The van der Waals surface area contributed by atoms with Crippen LogP contribution in [0.4, 0.5) is 0 Å². The van der Waals surface area contributed by atoms with E-state index in [0.29, 0.717) is 0 Å². The van der Waals surface area contributed by atoms with Gasteiger partial charge in [-0.05, 0) is 26.1 Å². The van der Waals surface area contributed by atoms with E-state index >= 15 is 0 Å². The van der Waals surface area contributed by atoms with Crippen LogP contribution in [0.5, 0.6) is 0 Å². The number of nitrogens with zero attached hydrogens (tertiary/aromatic N) is 2. The van der Waals surface area contributed by atoms with Crippen LogP contribution in [0.25, 0.3) is 6.08 Å². The van der Waals surface area contributed by atoms with Crippen LogP contribution in [-0.4, -0.2) is 24.0 Å². The summed E-state index contributed by atoms with van der Waals surface area (Å²) in [7, 11) is 4.34. The zero-order valence-electron chi connectivity index (χ0n) is 15.2. The molecule has 2 rings (SSSR count). The topological polar surface area (TPSA) is 16.1 Å². The highest BCUT2D eigenvalue weighted by atomic mass is 32.1. The Kier molecular flexibility index (Phi) is 7.67. The average Bonchev–Trinajstić information content (AvgIpc) is 3.13. The van der Waals surface area contributed by atoms with Gasteiger partial charge in [-0.1, -0.05) is 81.5 Å². The molecule has 0 radical (unpaired) electrons. The molecule has 0 saturated carbocycles. The van der Waals surface area contributed by atoms with Gasteiger partial charge < -0.3 is 0 Å². The second kappa shape index (κ2) is 9.75. The van der Waals surface area contributed by atoms with Gasteiger partial charge in [0.2, 0.25) is 0 Å². The Hall–Kier alpha value is -1.45. The lowest BCUT2D eigenvalue weighted by molar-refractivity contribution is 0.190. The Balaban J connectivity index is 2.20. The fourth-order valence-electron chi connectivity index (χ4n) is 3.06. The van der Waals surface area contributed by atoms with Gasteiger partial charge in [-0.3, -0.25) is 4.90 Å². The summed E-state index contributed by atoms with van der Waals surface area (Å²) in [5.74, 6) is 0. The maximum absolute atomic E-state index is 4.66. The van der Waals surface area contributed by atoms with Crippen LogP contribution < -0.4 is 0 Å². The number of hydrogen-bond donors (Lipinski definition) is 0. The molecule has 1 heterocycles. The Morgan fingerprint density at radius 1 is 1.08 bits per heavy atom. The molecule has 0 N–H and O–H groups in total. The summed E-state index contributed by atoms with van der Waals surface area (Å²) in [6.45, 7) is 2.27. The molecule has 0 bridgehead atoms. The summed E-state index contributed by atoms with van der Waals surface area (Å²) in [6.07, 6.45) is 14.1. The predicted molar refractivity (Wildman–Crippen MR) is 106 cm³/mol. The van der Waals surface area contributed by atoms with Crippen LogP contribution in [0.2, 0.25) is 0 Å². The van der Waals surface area contributed by atoms with Gasteiger partial charge in [0.1, 0.15) is 5.01 Å². The molecule has 0 spiro atoms. The van der Waals surface area contributed by atoms with E-state index in [0.717, 1.165) is 6.42 Å². The smallest absolute Gasteiger partial charge is 0.117 e. The van der Waals surface area contributed by atoms with E-state index in [9.17, 15) is 0 Å². The second-order valence-corrected chi connectivity index (χ2v) is 7.46. The van der Waals surface area contributed by atoms with Gasteiger partial charge in [0.05, 0.1) is 5.54 Å². The molecule has 24 heavy (non-hydrogen) atoms. The van der Waals surface area contributed by atoms with Crippen molar-refractivity contribution in [3.05, 3.63) is 58.6 Å². The summed E-state index contributed by atoms with van der Waals surface area (Å²) < 4.78 is 0. The summed E-state index contributed by atoms with van der Waals surface area (Å²) in [6, 6.07) is 10.5. The molecular formula is C21H30N2S.